The fourth-order valence-corrected chi connectivity index (χ4v) is 5.08. The van der Waals surface area contributed by atoms with Crippen molar-refractivity contribution in [2.45, 2.75) is 52.2 Å². The van der Waals surface area contributed by atoms with Crippen LogP contribution in [0.1, 0.15) is 60.3 Å². The highest BCUT2D eigenvalue weighted by atomic mass is 16.5. The van der Waals surface area contributed by atoms with Crippen LogP contribution in [0.25, 0.3) is 32.8 Å². The molecule has 0 spiro atoms. The summed E-state index contributed by atoms with van der Waals surface area (Å²) in [6.45, 7) is 8.21. The lowest BCUT2D eigenvalue weighted by atomic mass is 9.85. The number of hydrogen-bond acceptors (Lipinski definition) is 5. The normalized spacial score (nSPS) is 13.9. The van der Waals surface area contributed by atoms with Crippen molar-refractivity contribution in [1.29, 1.82) is 0 Å². The second-order valence-corrected chi connectivity index (χ2v) is 10.1. The van der Waals surface area contributed by atoms with Crippen LogP contribution >= 0.6 is 0 Å². The number of ether oxygens (including phenoxy) is 2. The number of amides is 1. The Balaban J connectivity index is 1.90. The van der Waals surface area contributed by atoms with E-state index in [0.717, 1.165) is 50.5 Å². The van der Waals surface area contributed by atoms with Gasteiger partial charge in [-0.25, -0.2) is 4.79 Å². The number of fused-ring (bicyclic) bond motifs is 1. The third kappa shape index (κ3) is 4.29. The van der Waals surface area contributed by atoms with E-state index in [1.165, 1.54) is 0 Å². The van der Waals surface area contributed by atoms with E-state index >= 15 is 0 Å². The Hall–Kier alpha value is -3.97. The number of primary amides is 1. The average Bonchev–Trinajstić information content (AvgIpc) is 2.87. The summed E-state index contributed by atoms with van der Waals surface area (Å²) in [5, 5.41) is 12.9. The molecule has 2 heterocycles. The molecule has 1 aliphatic rings. The van der Waals surface area contributed by atoms with Crippen molar-refractivity contribution in [3.63, 3.8) is 0 Å². The smallest absolute Gasteiger partial charge is 0.337 e. The van der Waals surface area contributed by atoms with Crippen molar-refractivity contribution < 1.29 is 24.2 Å². The van der Waals surface area contributed by atoms with E-state index in [1.807, 2.05) is 58.0 Å². The molecule has 5 rings (SSSR count). The highest BCUT2D eigenvalue weighted by molar-refractivity contribution is 6.10. The second-order valence-electron chi connectivity index (χ2n) is 10.1. The quantitative estimate of drug-likeness (QED) is 0.337. The van der Waals surface area contributed by atoms with E-state index in [-0.39, 0.29) is 0 Å². The fourth-order valence-electron chi connectivity index (χ4n) is 5.08. The summed E-state index contributed by atoms with van der Waals surface area (Å²) in [6, 6.07) is 13.0. The lowest BCUT2D eigenvalue weighted by Gasteiger charge is -2.31. The predicted octanol–water partition coefficient (Wildman–Crippen LogP) is 5.73. The Morgan fingerprint density at radius 2 is 1.97 bits per heavy atom. The molecule has 1 aromatic heterocycles. The van der Waals surface area contributed by atoms with Crippen molar-refractivity contribution in [2.75, 3.05) is 6.61 Å². The van der Waals surface area contributed by atoms with Crippen LogP contribution in [0.15, 0.2) is 48.7 Å². The number of hydrogen-bond donors (Lipinski definition) is 2. The zero-order valence-corrected chi connectivity index (χ0v) is 21.4. The minimum atomic E-state index is -1.22. The van der Waals surface area contributed by atoms with Gasteiger partial charge in [0, 0.05) is 34.7 Å². The van der Waals surface area contributed by atoms with E-state index in [9.17, 15) is 14.7 Å². The lowest BCUT2D eigenvalue weighted by molar-refractivity contribution is -0.162. The largest absolute Gasteiger partial charge is 0.493 e. The topological polar surface area (TPSA) is 112 Å². The number of aliphatic carboxylic acids is 1. The molecule has 37 heavy (non-hydrogen) atoms. The van der Waals surface area contributed by atoms with E-state index in [0.29, 0.717) is 29.7 Å². The summed E-state index contributed by atoms with van der Waals surface area (Å²) in [5.74, 6) is -0.833. The first-order chi connectivity index (χ1) is 17.6. The van der Waals surface area contributed by atoms with Gasteiger partial charge in [-0.05, 0) is 85.0 Å². The minimum Gasteiger partial charge on any atom is -0.493 e. The Labute approximate surface area is 215 Å². The number of rotatable bonds is 7. The molecule has 0 saturated heterocycles. The van der Waals surface area contributed by atoms with Crippen molar-refractivity contribution in [1.82, 2.24) is 4.98 Å². The van der Waals surface area contributed by atoms with Crippen LogP contribution in [0.4, 0.5) is 0 Å². The molecular weight excluding hydrogens is 468 g/mol. The summed E-state index contributed by atoms with van der Waals surface area (Å²) in [5.41, 5.74) is 9.96. The molecule has 0 radical (unpaired) electrons. The van der Waals surface area contributed by atoms with E-state index in [2.05, 4.69) is 0 Å². The van der Waals surface area contributed by atoms with Crippen LogP contribution in [-0.4, -0.2) is 34.2 Å². The molecule has 0 saturated carbocycles. The molecule has 0 aliphatic carbocycles. The van der Waals surface area contributed by atoms with Crippen LogP contribution < -0.4 is 10.5 Å². The van der Waals surface area contributed by atoms with Crippen molar-refractivity contribution >= 4 is 33.6 Å². The van der Waals surface area contributed by atoms with Gasteiger partial charge in [0.2, 0.25) is 5.91 Å². The zero-order valence-electron chi connectivity index (χ0n) is 21.4. The SMILES string of the molecule is CCC(C)(C)OC(C(=O)O)c1c(C)cc2cc(C(N)=O)ccc2c1-c1ccc2c3c(ccnc13)CCO2. The number of aryl methyl sites for hydroxylation is 1. The van der Waals surface area contributed by atoms with Gasteiger partial charge in [0.1, 0.15) is 5.75 Å². The van der Waals surface area contributed by atoms with Crippen LogP contribution in [0.2, 0.25) is 0 Å². The van der Waals surface area contributed by atoms with Crippen LogP contribution in [0, 0.1) is 6.92 Å². The van der Waals surface area contributed by atoms with Crippen molar-refractivity contribution in [3.05, 3.63) is 70.9 Å². The van der Waals surface area contributed by atoms with Gasteiger partial charge in [-0.1, -0.05) is 19.1 Å². The molecule has 1 unspecified atom stereocenters. The number of pyridine rings is 1. The van der Waals surface area contributed by atoms with Gasteiger partial charge in [-0.3, -0.25) is 9.78 Å². The van der Waals surface area contributed by atoms with Gasteiger partial charge in [0.15, 0.2) is 6.10 Å². The van der Waals surface area contributed by atoms with Gasteiger partial charge in [0.25, 0.3) is 0 Å². The van der Waals surface area contributed by atoms with Gasteiger partial charge in [-0.2, -0.15) is 0 Å². The van der Waals surface area contributed by atoms with Gasteiger partial charge in [-0.15, -0.1) is 0 Å². The molecule has 7 nitrogen and oxygen atoms in total. The number of carbonyl (C=O) groups excluding carboxylic acids is 1. The maximum Gasteiger partial charge on any atom is 0.337 e. The van der Waals surface area contributed by atoms with Gasteiger partial charge >= 0.3 is 5.97 Å². The molecule has 190 valence electrons. The summed E-state index contributed by atoms with van der Waals surface area (Å²) in [6.07, 6.45) is 1.97. The summed E-state index contributed by atoms with van der Waals surface area (Å²) < 4.78 is 12.2. The molecular formula is C30H30N2O5. The summed E-state index contributed by atoms with van der Waals surface area (Å²) >= 11 is 0. The fraction of sp³-hybridized carbons (Fsp3) is 0.300. The Bertz CT molecular complexity index is 1560. The second kappa shape index (κ2) is 9.16. The predicted molar refractivity (Wildman–Crippen MR) is 143 cm³/mol. The number of nitrogens with two attached hydrogens (primary N) is 1. The number of benzene rings is 3. The first-order valence-corrected chi connectivity index (χ1v) is 12.4. The lowest BCUT2D eigenvalue weighted by Crippen LogP contribution is -2.30. The average molecular weight is 499 g/mol. The number of carbonyl (C=O) groups is 2. The first kappa shape index (κ1) is 24.7. The molecule has 3 N–H and O–H groups in total. The number of carboxylic acids is 1. The summed E-state index contributed by atoms with van der Waals surface area (Å²) in [7, 11) is 0. The number of aromatic nitrogens is 1. The highest BCUT2D eigenvalue weighted by Gasteiger charge is 2.33. The third-order valence-corrected chi connectivity index (χ3v) is 7.28. The van der Waals surface area contributed by atoms with E-state index < -0.39 is 23.6 Å². The minimum absolute atomic E-state index is 0.382. The molecule has 7 heteroatoms. The van der Waals surface area contributed by atoms with Gasteiger partial charge in [0.05, 0.1) is 17.7 Å². The Morgan fingerprint density at radius 1 is 1.19 bits per heavy atom. The van der Waals surface area contributed by atoms with Crippen LogP contribution in [0.3, 0.4) is 0 Å². The molecule has 4 aromatic rings. The highest BCUT2D eigenvalue weighted by Crippen LogP contribution is 2.45. The Kier molecular flexibility index (Phi) is 6.12. The van der Waals surface area contributed by atoms with Gasteiger partial charge < -0.3 is 20.3 Å². The van der Waals surface area contributed by atoms with Crippen LogP contribution in [0.5, 0.6) is 5.75 Å². The molecule has 3 aromatic carbocycles. The third-order valence-electron chi connectivity index (χ3n) is 7.28. The van der Waals surface area contributed by atoms with Crippen molar-refractivity contribution in [2.24, 2.45) is 5.73 Å². The van der Waals surface area contributed by atoms with E-state index in [4.69, 9.17) is 20.2 Å². The molecule has 1 amide bonds. The molecule has 0 fully saturated rings. The Morgan fingerprint density at radius 3 is 2.68 bits per heavy atom. The van der Waals surface area contributed by atoms with E-state index in [1.54, 1.807) is 18.3 Å². The van der Waals surface area contributed by atoms with Crippen molar-refractivity contribution in [3.8, 4) is 16.9 Å². The monoisotopic (exact) mass is 498 g/mol. The maximum absolute atomic E-state index is 12.7. The summed E-state index contributed by atoms with van der Waals surface area (Å²) in [4.78, 5) is 29.4. The molecule has 0 bridgehead atoms. The molecule has 1 atom stereocenters. The standard InChI is InChI=1S/C30H30N2O5/c1-5-30(3,4)37-27(29(34)35)23-16(2)14-19-15-18(28(31)33)6-7-20(19)25(23)21-8-9-22-24-17(11-13-36-22)10-12-32-26(21)24/h6-10,12,14-15,27H,5,11,13H2,1-4H3,(H2,31,33)(H,34,35). The first-order valence-electron chi connectivity index (χ1n) is 12.4. The zero-order chi connectivity index (χ0) is 26.5. The van der Waals surface area contributed by atoms with Crippen LogP contribution in [-0.2, 0) is 16.0 Å². The number of nitrogens with zero attached hydrogens (tertiary/aromatic N) is 1. The molecule has 1 aliphatic heterocycles. The number of carboxylic acid groups (broad SMARTS) is 1. The maximum atomic E-state index is 12.7.